The van der Waals surface area contributed by atoms with Crippen LogP contribution in [0.2, 0.25) is 0 Å². The summed E-state index contributed by atoms with van der Waals surface area (Å²) in [6.07, 6.45) is 3.00. The van der Waals surface area contributed by atoms with Crippen LogP contribution in [0.3, 0.4) is 0 Å². The van der Waals surface area contributed by atoms with Crippen molar-refractivity contribution >= 4 is 5.91 Å². The van der Waals surface area contributed by atoms with Crippen LogP contribution in [-0.2, 0) is 24.4 Å². The smallest absolute Gasteiger partial charge is 0.273 e. The molecule has 1 N–H and O–H groups in total. The number of hydrogen-bond donors (Lipinski definition) is 1. The maximum absolute atomic E-state index is 12.4. The van der Waals surface area contributed by atoms with Crippen molar-refractivity contribution in [3.8, 4) is 0 Å². The standard InChI is InChI=1S/C26H34N4O4/c1-20(2)22-7-5-21(6-8-22)17-30(10-9-29-11-14-32-15-12-29)18-25-28-24(19-34-25)26(31)27-16-23-4-3-13-33-23/h3-8,13,19-20H,9-12,14-18H2,1-2H3,(H,27,31). The predicted octanol–water partition coefficient (Wildman–Crippen LogP) is 3.66. The van der Waals surface area contributed by atoms with Crippen LogP contribution in [0.4, 0.5) is 0 Å². The SMILES string of the molecule is CC(C)c1ccc(CN(CCN2CCOCC2)Cc2nc(C(=O)NCc3ccco3)co2)cc1. The van der Waals surface area contributed by atoms with Gasteiger partial charge in [0.15, 0.2) is 5.69 Å². The van der Waals surface area contributed by atoms with Gasteiger partial charge in [-0.05, 0) is 29.2 Å². The first-order chi connectivity index (χ1) is 16.6. The number of carbonyl (C=O) groups is 1. The van der Waals surface area contributed by atoms with Crippen LogP contribution in [0.1, 0.15) is 53.0 Å². The predicted molar refractivity (Wildman–Crippen MR) is 128 cm³/mol. The summed E-state index contributed by atoms with van der Waals surface area (Å²) in [6.45, 7) is 11.3. The molecule has 3 heterocycles. The molecule has 3 aromatic rings. The Hall–Kier alpha value is -2.94. The molecule has 0 radical (unpaired) electrons. The number of oxazole rings is 1. The van der Waals surface area contributed by atoms with E-state index in [2.05, 4.69) is 58.2 Å². The van der Waals surface area contributed by atoms with Gasteiger partial charge in [0.2, 0.25) is 5.89 Å². The number of furan rings is 1. The van der Waals surface area contributed by atoms with Gasteiger partial charge in [0.1, 0.15) is 12.0 Å². The van der Waals surface area contributed by atoms with Gasteiger partial charge in [-0.25, -0.2) is 4.98 Å². The first kappa shape index (κ1) is 24.2. The Kier molecular flexibility index (Phi) is 8.51. The first-order valence-corrected chi connectivity index (χ1v) is 11.9. The van der Waals surface area contributed by atoms with Crippen molar-refractivity contribution in [2.45, 2.75) is 39.4 Å². The quantitative estimate of drug-likeness (QED) is 0.462. The fourth-order valence-corrected chi connectivity index (χ4v) is 3.94. The minimum atomic E-state index is -0.282. The molecular formula is C26H34N4O4. The molecule has 4 rings (SSSR count). The van der Waals surface area contributed by atoms with Gasteiger partial charge < -0.3 is 18.9 Å². The summed E-state index contributed by atoms with van der Waals surface area (Å²) in [5.41, 5.74) is 2.85. The molecule has 8 nitrogen and oxygen atoms in total. The molecule has 1 fully saturated rings. The van der Waals surface area contributed by atoms with Gasteiger partial charge in [0.25, 0.3) is 5.91 Å². The summed E-state index contributed by atoms with van der Waals surface area (Å²) < 4.78 is 16.4. The van der Waals surface area contributed by atoms with E-state index in [0.29, 0.717) is 30.7 Å². The van der Waals surface area contributed by atoms with Gasteiger partial charge in [-0.1, -0.05) is 38.1 Å². The number of ether oxygens (including phenoxy) is 1. The molecule has 1 amide bonds. The van der Waals surface area contributed by atoms with E-state index in [4.69, 9.17) is 13.6 Å². The van der Waals surface area contributed by atoms with E-state index in [1.807, 2.05) is 6.07 Å². The topological polar surface area (TPSA) is 84.0 Å². The van der Waals surface area contributed by atoms with Crippen LogP contribution in [0.15, 0.2) is 57.8 Å². The number of rotatable bonds is 11. The van der Waals surface area contributed by atoms with E-state index in [1.165, 1.54) is 17.4 Å². The molecule has 1 aliphatic rings. The third-order valence-electron chi connectivity index (χ3n) is 6.04. The fraction of sp³-hybridized carbons (Fsp3) is 0.462. The molecular weight excluding hydrogens is 432 g/mol. The van der Waals surface area contributed by atoms with Gasteiger partial charge in [-0.3, -0.25) is 14.6 Å². The third-order valence-corrected chi connectivity index (χ3v) is 6.04. The number of amides is 1. The Labute approximate surface area is 200 Å². The third kappa shape index (κ3) is 7.03. The van der Waals surface area contributed by atoms with Gasteiger partial charge in [-0.15, -0.1) is 0 Å². The normalized spacial score (nSPS) is 14.7. The van der Waals surface area contributed by atoms with E-state index in [-0.39, 0.29) is 11.6 Å². The summed E-state index contributed by atoms with van der Waals surface area (Å²) in [6, 6.07) is 12.4. The number of morpholine rings is 1. The second-order valence-corrected chi connectivity index (χ2v) is 8.95. The molecule has 8 heteroatoms. The molecule has 0 bridgehead atoms. The molecule has 0 spiro atoms. The second kappa shape index (κ2) is 12.0. The summed E-state index contributed by atoms with van der Waals surface area (Å²) >= 11 is 0. The lowest BCUT2D eigenvalue weighted by atomic mass is 10.0. The minimum Gasteiger partial charge on any atom is -0.467 e. The molecule has 0 aliphatic carbocycles. The monoisotopic (exact) mass is 466 g/mol. The number of aromatic nitrogens is 1. The van der Waals surface area contributed by atoms with Gasteiger partial charge in [0, 0.05) is 32.7 Å². The molecule has 2 aromatic heterocycles. The average Bonchev–Trinajstić information content (AvgIpc) is 3.54. The van der Waals surface area contributed by atoms with E-state index >= 15 is 0 Å². The van der Waals surface area contributed by atoms with E-state index in [9.17, 15) is 4.79 Å². The molecule has 1 aliphatic heterocycles. The number of hydrogen-bond acceptors (Lipinski definition) is 7. The molecule has 34 heavy (non-hydrogen) atoms. The Balaban J connectivity index is 1.38. The Morgan fingerprint density at radius 3 is 2.62 bits per heavy atom. The zero-order valence-corrected chi connectivity index (χ0v) is 20.0. The zero-order chi connectivity index (χ0) is 23.8. The van der Waals surface area contributed by atoms with Gasteiger partial charge in [0.05, 0.1) is 32.6 Å². The molecule has 0 saturated carbocycles. The molecule has 1 aromatic carbocycles. The molecule has 182 valence electrons. The van der Waals surface area contributed by atoms with Crippen LogP contribution >= 0.6 is 0 Å². The largest absolute Gasteiger partial charge is 0.467 e. The van der Waals surface area contributed by atoms with Crippen LogP contribution < -0.4 is 5.32 Å². The van der Waals surface area contributed by atoms with Crippen molar-refractivity contribution in [1.29, 1.82) is 0 Å². The first-order valence-electron chi connectivity index (χ1n) is 11.9. The van der Waals surface area contributed by atoms with Crippen LogP contribution in [-0.4, -0.2) is 60.1 Å². The Morgan fingerprint density at radius 1 is 1.12 bits per heavy atom. The van der Waals surface area contributed by atoms with Crippen LogP contribution in [0, 0.1) is 0 Å². The number of nitrogens with zero attached hydrogens (tertiary/aromatic N) is 3. The van der Waals surface area contributed by atoms with E-state index in [1.54, 1.807) is 12.3 Å². The zero-order valence-electron chi connectivity index (χ0n) is 20.0. The summed E-state index contributed by atoms with van der Waals surface area (Å²) in [5.74, 6) is 1.45. The highest BCUT2D eigenvalue weighted by molar-refractivity contribution is 5.91. The average molecular weight is 467 g/mol. The van der Waals surface area contributed by atoms with Crippen molar-refractivity contribution in [2.75, 3.05) is 39.4 Å². The fourth-order valence-electron chi connectivity index (χ4n) is 3.94. The summed E-state index contributed by atoms with van der Waals surface area (Å²) in [5, 5.41) is 2.80. The lowest BCUT2D eigenvalue weighted by molar-refractivity contribution is 0.0320. The van der Waals surface area contributed by atoms with Gasteiger partial charge in [-0.2, -0.15) is 0 Å². The van der Waals surface area contributed by atoms with Crippen molar-refractivity contribution in [3.05, 3.63) is 77.4 Å². The molecule has 0 unspecified atom stereocenters. The highest BCUT2D eigenvalue weighted by Crippen LogP contribution is 2.17. The Bertz CT molecular complexity index is 1010. The molecule has 1 saturated heterocycles. The maximum Gasteiger partial charge on any atom is 0.273 e. The van der Waals surface area contributed by atoms with Crippen molar-refractivity contribution in [3.63, 3.8) is 0 Å². The number of benzene rings is 1. The van der Waals surface area contributed by atoms with Crippen molar-refractivity contribution < 1.29 is 18.4 Å². The second-order valence-electron chi connectivity index (χ2n) is 8.95. The maximum atomic E-state index is 12.4. The van der Waals surface area contributed by atoms with Gasteiger partial charge >= 0.3 is 0 Å². The highest BCUT2D eigenvalue weighted by atomic mass is 16.5. The van der Waals surface area contributed by atoms with Crippen molar-refractivity contribution in [2.24, 2.45) is 0 Å². The van der Waals surface area contributed by atoms with Crippen LogP contribution in [0.5, 0.6) is 0 Å². The molecule has 0 atom stereocenters. The van der Waals surface area contributed by atoms with E-state index in [0.717, 1.165) is 45.9 Å². The van der Waals surface area contributed by atoms with Crippen LogP contribution in [0.25, 0.3) is 0 Å². The number of carbonyl (C=O) groups excluding carboxylic acids is 1. The minimum absolute atomic E-state index is 0.274. The summed E-state index contributed by atoms with van der Waals surface area (Å²) in [7, 11) is 0. The number of nitrogens with one attached hydrogen (secondary N) is 1. The van der Waals surface area contributed by atoms with Crippen molar-refractivity contribution in [1.82, 2.24) is 20.1 Å². The van der Waals surface area contributed by atoms with E-state index < -0.39 is 0 Å². The summed E-state index contributed by atoms with van der Waals surface area (Å²) in [4.78, 5) is 21.6. The lowest BCUT2D eigenvalue weighted by Gasteiger charge is -2.29. The Morgan fingerprint density at radius 2 is 1.91 bits per heavy atom. The lowest BCUT2D eigenvalue weighted by Crippen LogP contribution is -2.41. The highest BCUT2D eigenvalue weighted by Gasteiger charge is 2.17.